The van der Waals surface area contributed by atoms with Crippen LogP contribution >= 0.6 is 0 Å². The molecule has 1 aromatic heterocycles. The average molecular weight is 236 g/mol. The van der Waals surface area contributed by atoms with Crippen molar-refractivity contribution in [2.75, 3.05) is 11.9 Å². The molecule has 1 heterocycles. The molecule has 0 aliphatic rings. The number of aryl methyl sites for hydroxylation is 1. The fourth-order valence-corrected chi connectivity index (χ4v) is 1.83. The van der Waals surface area contributed by atoms with Crippen molar-refractivity contribution in [1.82, 2.24) is 4.98 Å². The standard InChI is InChI=1S/C13H14F2N2/c1-3-8-7-11(16-4-2)12-9(14)5-6-10(15)13(12)17-8/h5-7H,3-4H2,1-2H3,(H,16,17). The molecule has 90 valence electrons. The Kier molecular flexibility index (Phi) is 3.22. The highest BCUT2D eigenvalue weighted by atomic mass is 19.1. The van der Waals surface area contributed by atoms with E-state index in [0.29, 0.717) is 18.7 Å². The molecular weight excluding hydrogens is 222 g/mol. The van der Waals surface area contributed by atoms with E-state index < -0.39 is 11.6 Å². The van der Waals surface area contributed by atoms with Gasteiger partial charge >= 0.3 is 0 Å². The maximum absolute atomic E-state index is 13.7. The number of pyridine rings is 1. The normalized spacial score (nSPS) is 10.8. The van der Waals surface area contributed by atoms with Crippen molar-refractivity contribution in [2.24, 2.45) is 0 Å². The van der Waals surface area contributed by atoms with Crippen LogP contribution in [0.25, 0.3) is 10.9 Å². The van der Waals surface area contributed by atoms with Crippen molar-refractivity contribution in [3.05, 3.63) is 35.5 Å². The van der Waals surface area contributed by atoms with E-state index in [4.69, 9.17) is 0 Å². The topological polar surface area (TPSA) is 24.9 Å². The van der Waals surface area contributed by atoms with Crippen molar-refractivity contribution >= 4 is 16.6 Å². The molecule has 2 rings (SSSR count). The Labute approximate surface area is 98.7 Å². The first kappa shape index (κ1) is 11.8. The highest BCUT2D eigenvalue weighted by Crippen LogP contribution is 2.28. The second-order valence-electron chi connectivity index (χ2n) is 3.80. The number of benzene rings is 1. The van der Waals surface area contributed by atoms with Gasteiger partial charge in [-0.15, -0.1) is 0 Å². The molecule has 0 saturated heterocycles. The van der Waals surface area contributed by atoms with Crippen molar-refractivity contribution in [3.63, 3.8) is 0 Å². The second-order valence-corrected chi connectivity index (χ2v) is 3.80. The maximum Gasteiger partial charge on any atom is 0.149 e. The summed E-state index contributed by atoms with van der Waals surface area (Å²) in [5, 5.41) is 3.27. The van der Waals surface area contributed by atoms with Gasteiger partial charge in [-0.2, -0.15) is 0 Å². The van der Waals surface area contributed by atoms with Crippen LogP contribution in [0.5, 0.6) is 0 Å². The Morgan fingerprint density at radius 3 is 2.53 bits per heavy atom. The average Bonchev–Trinajstić information content (AvgIpc) is 2.34. The second kappa shape index (κ2) is 4.65. The molecule has 0 saturated carbocycles. The molecule has 0 amide bonds. The Bertz CT molecular complexity index is 553. The van der Waals surface area contributed by atoms with Gasteiger partial charge in [0.2, 0.25) is 0 Å². The maximum atomic E-state index is 13.7. The van der Waals surface area contributed by atoms with Crippen LogP contribution in [-0.2, 0) is 6.42 Å². The molecule has 4 heteroatoms. The number of nitrogens with zero attached hydrogens (tertiary/aromatic N) is 1. The molecule has 0 spiro atoms. The zero-order chi connectivity index (χ0) is 12.4. The first-order valence-corrected chi connectivity index (χ1v) is 5.68. The number of halogens is 2. The van der Waals surface area contributed by atoms with Gasteiger partial charge in [-0.05, 0) is 31.5 Å². The number of anilines is 1. The Morgan fingerprint density at radius 2 is 1.88 bits per heavy atom. The third kappa shape index (κ3) is 2.07. The molecule has 1 aromatic carbocycles. The number of hydrogen-bond donors (Lipinski definition) is 1. The summed E-state index contributed by atoms with van der Waals surface area (Å²) < 4.78 is 27.4. The van der Waals surface area contributed by atoms with E-state index in [-0.39, 0.29) is 10.9 Å². The predicted octanol–water partition coefficient (Wildman–Crippen LogP) is 3.51. The zero-order valence-electron chi connectivity index (χ0n) is 9.85. The summed E-state index contributed by atoms with van der Waals surface area (Å²) >= 11 is 0. The Morgan fingerprint density at radius 1 is 1.18 bits per heavy atom. The summed E-state index contributed by atoms with van der Waals surface area (Å²) in [6, 6.07) is 4.01. The van der Waals surface area contributed by atoms with Gasteiger partial charge in [0.15, 0.2) is 0 Å². The van der Waals surface area contributed by atoms with Crippen LogP contribution in [0.4, 0.5) is 14.5 Å². The van der Waals surface area contributed by atoms with Crippen LogP contribution in [0.1, 0.15) is 19.5 Å². The first-order valence-electron chi connectivity index (χ1n) is 5.68. The van der Waals surface area contributed by atoms with Gasteiger partial charge in [-0.1, -0.05) is 6.92 Å². The summed E-state index contributed by atoms with van der Waals surface area (Å²) in [5.74, 6) is -0.941. The minimum absolute atomic E-state index is 0.0975. The lowest BCUT2D eigenvalue weighted by atomic mass is 10.1. The zero-order valence-corrected chi connectivity index (χ0v) is 9.85. The van der Waals surface area contributed by atoms with Gasteiger partial charge in [0.1, 0.15) is 17.2 Å². The summed E-state index contributed by atoms with van der Waals surface area (Å²) in [7, 11) is 0. The summed E-state index contributed by atoms with van der Waals surface area (Å²) in [6.07, 6.45) is 0.685. The lowest BCUT2D eigenvalue weighted by Gasteiger charge is -2.11. The van der Waals surface area contributed by atoms with Crippen LogP contribution < -0.4 is 5.32 Å². The minimum atomic E-state index is -0.490. The van der Waals surface area contributed by atoms with E-state index in [2.05, 4.69) is 10.3 Å². The molecule has 0 aliphatic carbocycles. The van der Waals surface area contributed by atoms with E-state index in [1.54, 1.807) is 6.07 Å². The van der Waals surface area contributed by atoms with Gasteiger partial charge in [0.25, 0.3) is 0 Å². The van der Waals surface area contributed by atoms with Gasteiger partial charge in [0.05, 0.1) is 5.39 Å². The Hall–Kier alpha value is -1.71. The van der Waals surface area contributed by atoms with Gasteiger partial charge in [-0.3, -0.25) is 0 Å². The fraction of sp³-hybridized carbons (Fsp3) is 0.308. The van der Waals surface area contributed by atoms with Crippen LogP contribution in [-0.4, -0.2) is 11.5 Å². The summed E-state index contributed by atoms with van der Waals surface area (Å²) in [6.45, 7) is 4.49. The van der Waals surface area contributed by atoms with Gasteiger partial charge < -0.3 is 5.32 Å². The van der Waals surface area contributed by atoms with Gasteiger partial charge in [-0.25, -0.2) is 13.8 Å². The number of hydrogen-bond acceptors (Lipinski definition) is 2. The molecule has 17 heavy (non-hydrogen) atoms. The van der Waals surface area contributed by atoms with Crippen molar-refractivity contribution in [1.29, 1.82) is 0 Å². The molecule has 0 radical (unpaired) electrons. The molecule has 2 aromatic rings. The molecule has 1 N–H and O–H groups in total. The van der Waals surface area contributed by atoms with E-state index in [9.17, 15) is 8.78 Å². The SMILES string of the molecule is CCNc1cc(CC)nc2c(F)ccc(F)c12. The van der Waals surface area contributed by atoms with E-state index in [0.717, 1.165) is 17.8 Å². The van der Waals surface area contributed by atoms with Crippen LogP contribution in [0.2, 0.25) is 0 Å². The minimum Gasteiger partial charge on any atom is -0.385 e. The van der Waals surface area contributed by atoms with Crippen LogP contribution in [0.3, 0.4) is 0 Å². The predicted molar refractivity (Wildman–Crippen MR) is 65.2 cm³/mol. The lowest BCUT2D eigenvalue weighted by molar-refractivity contribution is 0.615. The molecule has 0 unspecified atom stereocenters. The smallest absolute Gasteiger partial charge is 0.149 e. The highest BCUT2D eigenvalue weighted by Gasteiger charge is 2.12. The number of fused-ring (bicyclic) bond motifs is 1. The third-order valence-electron chi connectivity index (χ3n) is 2.64. The van der Waals surface area contributed by atoms with E-state index >= 15 is 0 Å². The van der Waals surface area contributed by atoms with Crippen LogP contribution in [0.15, 0.2) is 18.2 Å². The third-order valence-corrected chi connectivity index (χ3v) is 2.64. The lowest BCUT2D eigenvalue weighted by Crippen LogP contribution is -2.02. The Balaban J connectivity index is 2.80. The first-order chi connectivity index (χ1) is 8.17. The van der Waals surface area contributed by atoms with E-state index in [1.807, 2.05) is 13.8 Å². The highest BCUT2D eigenvalue weighted by molar-refractivity contribution is 5.92. The summed E-state index contributed by atoms with van der Waals surface area (Å²) in [5.41, 5.74) is 1.45. The molecule has 0 aliphatic heterocycles. The largest absolute Gasteiger partial charge is 0.385 e. The van der Waals surface area contributed by atoms with E-state index in [1.165, 1.54) is 0 Å². The number of rotatable bonds is 3. The quantitative estimate of drug-likeness (QED) is 0.882. The van der Waals surface area contributed by atoms with Crippen molar-refractivity contribution < 1.29 is 8.78 Å². The summed E-state index contributed by atoms with van der Waals surface area (Å²) in [4.78, 5) is 4.14. The monoisotopic (exact) mass is 236 g/mol. The molecule has 0 atom stereocenters. The molecule has 0 bridgehead atoms. The van der Waals surface area contributed by atoms with Crippen LogP contribution in [0, 0.1) is 11.6 Å². The molecule has 2 nitrogen and oxygen atoms in total. The number of nitrogens with one attached hydrogen (secondary N) is 1. The molecular formula is C13H14F2N2. The van der Waals surface area contributed by atoms with Gasteiger partial charge in [0, 0.05) is 17.9 Å². The number of aromatic nitrogens is 1. The van der Waals surface area contributed by atoms with Crippen molar-refractivity contribution in [3.8, 4) is 0 Å². The molecule has 0 fully saturated rings. The fourth-order valence-electron chi connectivity index (χ4n) is 1.83. The van der Waals surface area contributed by atoms with Crippen molar-refractivity contribution in [2.45, 2.75) is 20.3 Å².